The van der Waals surface area contributed by atoms with Crippen LogP contribution in [0.3, 0.4) is 0 Å². The molecule has 0 aliphatic heterocycles. The summed E-state index contributed by atoms with van der Waals surface area (Å²) >= 11 is 0. The summed E-state index contributed by atoms with van der Waals surface area (Å²) in [6.45, 7) is 0. The molecule has 5 heteroatoms. The summed E-state index contributed by atoms with van der Waals surface area (Å²) in [6, 6.07) is 0. The van der Waals surface area contributed by atoms with Gasteiger partial charge in [-0.25, -0.2) is 0 Å². The Morgan fingerprint density at radius 1 is 0.424 bits per heavy atom. The number of rotatable bonds is 9. The van der Waals surface area contributed by atoms with E-state index in [9.17, 15) is 9.59 Å². The van der Waals surface area contributed by atoms with Crippen LogP contribution in [0.15, 0.2) is 0 Å². The van der Waals surface area contributed by atoms with Gasteiger partial charge in [0.15, 0.2) is 0 Å². The molecule has 2 unspecified atom stereocenters. The van der Waals surface area contributed by atoms with Crippen LogP contribution in [0.4, 0.5) is 0 Å². The quantitative estimate of drug-likeness (QED) is 0.168. The van der Waals surface area contributed by atoms with Crippen LogP contribution >= 0.6 is 15.8 Å². The average molecular weight is 537 g/mol. The van der Waals surface area contributed by atoms with E-state index in [4.69, 9.17) is 0 Å². The van der Waals surface area contributed by atoms with Gasteiger partial charge in [-0.1, -0.05) is 92.9 Å². The van der Waals surface area contributed by atoms with Crippen LogP contribution in [0.25, 0.3) is 0 Å². The van der Waals surface area contributed by atoms with Gasteiger partial charge in [0.25, 0.3) is 0 Å². The van der Waals surface area contributed by atoms with Crippen LogP contribution < -0.4 is 0 Å². The minimum absolute atomic E-state index is 0. The van der Waals surface area contributed by atoms with E-state index in [1.54, 1.807) is 0 Å². The third-order valence-corrected chi connectivity index (χ3v) is 17.2. The summed E-state index contributed by atoms with van der Waals surface area (Å²) < 4.78 is 0. The van der Waals surface area contributed by atoms with Gasteiger partial charge in [-0.05, 0) is 74.0 Å². The largest absolute Gasteiger partial charge is 0.303 e. The van der Waals surface area contributed by atoms with Crippen molar-refractivity contribution in [3.8, 4) is 0 Å². The van der Waals surface area contributed by atoms with Gasteiger partial charge in [0, 0.05) is 27.8 Å². The molecule has 4 saturated carbocycles. The maximum absolute atomic E-state index is 13.0. The SMILES string of the molecule is O=CC(C(C=O)P(C1CCCCC1)C1CCCCC1)P(C1CCCCC1)C1CCCCC1.[Ni]. The molecule has 192 valence electrons. The zero-order valence-electron chi connectivity index (χ0n) is 20.8. The Hall–Kier alpha value is 0.694. The molecule has 2 nitrogen and oxygen atoms in total. The molecule has 4 aliphatic carbocycles. The predicted octanol–water partition coefficient (Wildman–Crippen LogP) is 8.41. The van der Waals surface area contributed by atoms with Crippen molar-refractivity contribution in [2.24, 2.45) is 0 Å². The van der Waals surface area contributed by atoms with Crippen molar-refractivity contribution in [3.63, 3.8) is 0 Å². The third-order valence-electron chi connectivity index (χ3n) is 9.30. The fraction of sp³-hybridized carbons (Fsp3) is 0.929. The second-order valence-electron chi connectivity index (χ2n) is 11.3. The van der Waals surface area contributed by atoms with Gasteiger partial charge >= 0.3 is 0 Å². The van der Waals surface area contributed by atoms with Crippen LogP contribution in [0.2, 0.25) is 0 Å². The molecule has 0 amide bonds. The van der Waals surface area contributed by atoms with Crippen LogP contribution in [0, 0.1) is 0 Å². The third kappa shape index (κ3) is 7.36. The van der Waals surface area contributed by atoms with Crippen LogP contribution in [0.5, 0.6) is 0 Å². The average Bonchev–Trinajstić information content (AvgIpc) is 2.88. The van der Waals surface area contributed by atoms with Crippen LogP contribution in [-0.4, -0.2) is 46.5 Å². The summed E-state index contributed by atoms with van der Waals surface area (Å²) in [5.41, 5.74) is 3.18. The van der Waals surface area contributed by atoms with E-state index in [1.165, 1.54) is 141 Å². The molecule has 0 aromatic carbocycles. The standard InChI is InChI=1S/C28H48O2P2.Ni/c29-21-27(31(23-13-5-1-6-14-23)24-15-7-2-8-16-24)28(22-30)32(25-17-9-3-10-18-25)26-19-11-4-12-20-26;/h21-28H,1-20H2;. The summed E-state index contributed by atoms with van der Waals surface area (Å²) in [5.74, 6) is 0. The van der Waals surface area contributed by atoms with Crippen molar-refractivity contribution in [1.29, 1.82) is 0 Å². The van der Waals surface area contributed by atoms with Gasteiger partial charge in [0.2, 0.25) is 0 Å². The Labute approximate surface area is 216 Å². The molecule has 4 aliphatic rings. The van der Waals surface area contributed by atoms with E-state index >= 15 is 0 Å². The Balaban J connectivity index is 0.00000306. The van der Waals surface area contributed by atoms with Crippen molar-refractivity contribution < 1.29 is 26.1 Å². The molecular formula is C28H48NiO2P2. The van der Waals surface area contributed by atoms with Gasteiger partial charge in [0.1, 0.15) is 12.6 Å². The van der Waals surface area contributed by atoms with Gasteiger partial charge in [0.05, 0.1) is 0 Å². The molecule has 0 saturated heterocycles. The predicted molar refractivity (Wildman–Crippen MR) is 141 cm³/mol. The molecular weight excluding hydrogens is 489 g/mol. The fourth-order valence-electron chi connectivity index (χ4n) is 7.74. The Morgan fingerprint density at radius 3 is 0.818 bits per heavy atom. The smallest absolute Gasteiger partial charge is 0.128 e. The van der Waals surface area contributed by atoms with E-state index in [0.29, 0.717) is 0 Å². The monoisotopic (exact) mass is 536 g/mol. The molecule has 33 heavy (non-hydrogen) atoms. The van der Waals surface area contributed by atoms with E-state index in [0.717, 1.165) is 22.6 Å². The second kappa shape index (κ2) is 15.1. The zero-order valence-corrected chi connectivity index (χ0v) is 23.6. The summed E-state index contributed by atoms with van der Waals surface area (Å²) in [6.07, 6.45) is 29.8. The minimum Gasteiger partial charge on any atom is -0.303 e. The molecule has 0 heterocycles. The molecule has 0 aromatic rings. The summed E-state index contributed by atoms with van der Waals surface area (Å²) in [5, 5.41) is 0. The Morgan fingerprint density at radius 2 is 0.636 bits per heavy atom. The second-order valence-corrected chi connectivity index (χ2v) is 17.2. The topological polar surface area (TPSA) is 34.1 Å². The van der Waals surface area contributed by atoms with Gasteiger partial charge in [-0.15, -0.1) is 0 Å². The number of carbonyl (C=O) groups is 2. The Bertz CT molecular complexity index is 478. The fourth-order valence-corrected chi connectivity index (χ4v) is 16.8. The number of carbonyl (C=O) groups excluding carboxylic acids is 2. The first-order chi connectivity index (χ1) is 15.8. The minimum atomic E-state index is -0.363. The normalized spacial score (nSPS) is 26.6. The van der Waals surface area contributed by atoms with Gasteiger partial charge < -0.3 is 9.59 Å². The van der Waals surface area contributed by atoms with E-state index < -0.39 is 0 Å². The van der Waals surface area contributed by atoms with E-state index in [1.807, 2.05) is 0 Å². The maximum Gasteiger partial charge on any atom is 0.128 e. The molecule has 0 bridgehead atoms. The number of hydrogen-bond acceptors (Lipinski definition) is 2. The number of hydrogen-bond donors (Lipinski definition) is 0. The van der Waals surface area contributed by atoms with Crippen molar-refractivity contribution in [2.45, 2.75) is 162 Å². The molecule has 4 rings (SSSR count). The molecule has 2 atom stereocenters. The first kappa shape index (κ1) is 28.3. The van der Waals surface area contributed by atoms with Gasteiger partial charge in [-0.3, -0.25) is 0 Å². The summed E-state index contributed by atoms with van der Waals surface area (Å²) in [4.78, 5) is 25.9. The van der Waals surface area contributed by atoms with E-state index in [2.05, 4.69) is 0 Å². The number of aldehydes is 2. The molecule has 0 spiro atoms. The first-order valence-corrected chi connectivity index (χ1v) is 17.4. The van der Waals surface area contributed by atoms with Crippen molar-refractivity contribution >= 4 is 28.4 Å². The molecule has 0 N–H and O–H groups in total. The van der Waals surface area contributed by atoms with Crippen LogP contribution in [-0.2, 0) is 26.1 Å². The zero-order chi connectivity index (χ0) is 22.2. The summed E-state index contributed by atoms with van der Waals surface area (Å²) in [7, 11) is -0.727. The van der Waals surface area contributed by atoms with Crippen molar-refractivity contribution in [3.05, 3.63) is 0 Å². The first-order valence-electron chi connectivity index (χ1n) is 14.3. The van der Waals surface area contributed by atoms with Crippen molar-refractivity contribution in [2.75, 3.05) is 0 Å². The Kier molecular flexibility index (Phi) is 12.9. The van der Waals surface area contributed by atoms with E-state index in [-0.39, 0.29) is 43.7 Å². The maximum atomic E-state index is 13.0. The van der Waals surface area contributed by atoms with Crippen LogP contribution in [0.1, 0.15) is 128 Å². The molecule has 0 aromatic heterocycles. The molecule has 4 fully saturated rings. The molecule has 0 radical (unpaired) electrons. The van der Waals surface area contributed by atoms with Crippen molar-refractivity contribution in [1.82, 2.24) is 0 Å². The van der Waals surface area contributed by atoms with Gasteiger partial charge in [-0.2, -0.15) is 0 Å².